The van der Waals surface area contributed by atoms with Crippen molar-refractivity contribution in [3.63, 3.8) is 0 Å². The van der Waals surface area contributed by atoms with Crippen molar-refractivity contribution in [1.29, 1.82) is 0 Å². The van der Waals surface area contributed by atoms with Crippen LogP contribution in [0.2, 0.25) is 0 Å². The molecule has 9 nitrogen and oxygen atoms in total. The summed E-state index contributed by atoms with van der Waals surface area (Å²) >= 11 is 1.35. The topological polar surface area (TPSA) is 116 Å². The van der Waals surface area contributed by atoms with Gasteiger partial charge in [0.1, 0.15) is 12.6 Å². The molecule has 152 valence electrons. The molecule has 2 aliphatic heterocycles. The third kappa shape index (κ3) is 4.01. The van der Waals surface area contributed by atoms with E-state index in [1.165, 1.54) is 47.9 Å². The Morgan fingerprint density at radius 2 is 1.93 bits per heavy atom. The minimum atomic E-state index is -4.08. The molecule has 0 bridgehead atoms. The Morgan fingerprint density at radius 3 is 2.54 bits per heavy atom. The Bertz CT molecular complexity index is 888. The number of hydrogen-bond donors (Lipinski definition) is 0. The summed E-state index contributed by atoms with van der Waals surface area (Å²) in [5, 5.41) is -0.209. The molecular weight excluding hydrogens is 410 g/mol. The average molecular weight is 429 g/mol. The summed E-state index contributed by atoms with van der Waals surface area (Å²) in [5.41, 5.74) is 0. The van der Waals surface area contributed by atoms with Crippen molar-refractivity contribution in [1.82, 2.24) is 4.90 Å². The molecule has 2 saturated heterocycles. The van der Waals surface area contributed by atoms with E-state index in [0.717, 1.165) is 0 Å². The van der Waals surface area contributed by atoms with Crippen molar-refractivity contribution in [2.45, 2.75) is 41.3 Å². The minimum absolute atomic E-state index is 0.0693. The van der Waals surface area contributed by atoms with Crippen LogP contribution >= 0.6 is 11.8 Å². The van der Waals surface area contributed by atoms with Crippen LogP contribution in [0.1, 0.15) is 20.3 Å². The van der Waals surface area contributed by atoms with Gasteiger partial charge in [0.05, 0.1) is 21.4 Å². The summed E-state index contributed by atoms with van der Waals surface area (Å²) in [7, 11) is -4.08. The van der Waals surface area contributed by atoms with Gasteiger partial charge >= 0.3 is 11.9 Å². The van der Waals surface area contributed by atoms with Gasteiger partial charge in [-0.05, 0) is 19.1 Å². The van der Waals surface area contributed by atoms with E-state index in [1.54, 1.807) is 13.0 Å². The molecule has 0 aromatic heterocycles. The lowest BCUT2D eigenvalue weighted by Gasteiger charge is -2.37. The van der Waals surface area contributed by atoms with Crippen molar-refractivity contribution in [2.75, 3.05) is 13.4 Å². The van der Waals surface area contributed by atoms with Crippen molar-refractivity contribution >= 4 is 39.7 Å². The fourth-order valence-corrected chi connectivity index (χ4v) is 5.55. The number of carbonyl (C=O) groups is 3. The third-order valence-corrected chi connectivity index (χ3v) is 7.23. The highest BCUT2D eigenvalue weighted by molar-refractivity contribution is 8.01. The number of amides is 1. The largest absolute Gasteiger partial charge is 0.464 e. The molecule has 1 aromatic rings. The lowest BCUT2D eigenvalue weighted by atomic mass is 9.97. The number of carbonyl (C=O) groups excluding carboxylic acids is 3. The molecule has 0 unspecified atom stereocenters. The van der Waals surface area contributed by atoms with Crippen molar-refractivity contribution in [3.8, 4) is 0 Å². The highest BCUT2D eigenvalue weighted by Gasteiger charge is 2.61. The quantitative estimate of drug-likeness (QED) is 0.270. The van der Waals surface area contributed by atoms with Gasteiger partial charge in [0.25, 0.3) is 10.1 Å². The number of ether oxygens (including phenoxy) is 2. The summed E-state index contributed by atoms with van der Waals surface area (Å²) in [6.07, 6.45) is 0.281. The first-order valence-corrected chi connectivity index (χ1v) is 10.7. The Hall–Kier alpha value is -2.11. The maximum absolute atomic E-state index is 12.6. The first-order valence-electron chi connectivity index (χ1n) is 8.37. The zero-order valence-electron chi connectivity index (χ0n) is 15.2. The van der Waals surface area contributed by atoms with E-state index in [1.807, 2.05) is 0 Å². The first kappa shape index (κ1) is 20.6. The third-order valence-electron chi connectivity index (χ3n) is 4.43. The van der Waals surface area contributed by atoms with E-state index in [4.69, 9.17) is 13.7 Å². The van der Waals surface area contributed by atoms with Crippen LogP contribution in [0.4, 0.5) is 0 Å². The standard InChI is InChI=1S/C17H19NO8S2/c1-11(19)24-9-17(2)15(18-13(20)8-14(18)27-17)16(21)25-10-26-28(22,23)12-6-4-3-5-7-12/h3-7,14-15H,8-10H2,1-2H3/t14-,15+,17+/m1/s1. The molecule has 2 aliphatic rings. The zero-order valence-corrected chi connectivity index (χ0v) is 16.8. The molecule has 0 radical (unpaired) electrons. The molecule has 2 fully saturated rings. The van der Waals surface area contributed by atoms with Crippen LogP contribution in [0.5, 0.6) is 0 Å². The van der Waals surface area contributed by atoms with Crippen LogP contribution in [0.3, 0.4) is 0 Å². The predicted molar refractivity (Wildman–Crippen MR) is 97.3 cm³/mol. The molecule has 1 amide bonds. The second kappa shape index (κ2) is 7.72. The average Bonchev–Trinajstić information content (AvgIpc) is 2.88. The van der Waals surface area contributed by atoms with E-state index >= 15 is 0 Å². The smallest absolute Gasteiger partial charge is 0.332 e. The number of fused-ring (bicyclic) bond motifs is 1. The summed E-state index contributed by atoms with van der Waals surface area (Å²) < 4.78 is 38.1. The number of nitrogens with zero attached hydrogens (tertiary/aromatic N) is 1. The molecule has 2 heterocycles. The van der Waals surface area contributed by atoms with E-state index in [0.29, 0.717) is 0 Å². The number of hydrogen-bond acceptors (Lipinski definition) is 9. The van der Waals surface area contributed by atoms with Crippen molar-refractivity contribution < 1.29 is 36.5 Å². The van der Waals surface area contributed by atoms with Gasteiger partial charge in [0, 0.05) is 6.92 Å². The molecule has 28 heavy (non-hydrogen) atoms. The van der Waals surface area contributed by atoms with Gasteiger partial charge in [-0.2, -0.15) is 8.42 Å². The number of β-lactam (4-membered cyclic amide) rings is 1. The maximum Gasteiger partial charge on any atom is 0.332 e. The molecule has 11 heteroatoms. The maximum atomic E-state index is 12.6. The van der Waals surface area contributed by atoms with Crippen LogP contribution in [-0.4, -0.2) is 60.7 Å². The van der Waals surface area contributed by atoms with E-state index < -0.39 is 39.6 Å². The van der Waals surface area contributed by atoms with Gasteiger partial charge in [0.15, 0.2) is 0 Å². The van der Waals surface area contributed by atoms with Gasteiger partial charge in [-0.15, -0.1) is 11.8 Å². The molecule has 1 aromatic carbocycles. The summed E-state index contributed by atoms with van der Waals surface area (Å²) in [5.74, 6) is -1.54. The molecular formula is C17H19NO8S2. The number of rotatable bonds is 7. The Morgan fingerprint density at radius 1 is 1.25 bits per heavy atom. The van der Waals surface area contributed by atoms with Crippen LogP contribution < -0.4 is 0 Å². The van der Waals surface area contributed by atoms with Crippen molar-refractivity contribution in [3.05, 3.63) is 30.3 Å². The summed E-state index contributed by atoms with van der Waals surface area (Å²) in [4.78, 5) is 37.0. The Balaban J connectivity index is 1.66. The van der Waals surface area contributed by atoms with Gasteiger partial charge in [-0.3, -0.25) is 9.59 Å². The van der Waals surface area contributed by atoms with Crippen LogP contribution in [0.25, 0.3) is 0 Å². The second-order valence-corrected chi connectivity index (χ2v) is 9.87. The van der Waals surface area contributed by atoms with Crippen molar-refractivity contribution in [2.24, 2.45) is 0 Å². The van der Waals surface area contributed by atoms with Gasteiger partial charge in [-0.1, -0.05) is 18.2 Å². The lowest BCUT2D eigenvalue weighted by Crippen LogP contribution is -2.58. The highest BCUT2D eigenvalue weighted by Crippen LogP contribution is 2.51. The van der Waals surface area contributed by atoms with E-state index in [9.17, 15) is 22.8 Å². The SMILES string of the molecule is CC(=O)OC[C@]1(C)S[C@@H]2CC(=O)N2[C@H]1C(=O)OCOS(=O)(=O)c1ccccc1. The predicted octanol–water partition coefficient (Wildman–Crippen LogP) is 0.888. The van der Waals surface area contributed by atoms with Crippen LogP contribution in [-0.2, 0) is 38.2 Å². The minimum Gasteiger partial charge on any atom is -0.464 e. The fraction of sp³-hybridized carbons (Fsp3) is 0.471. The number of thioether (sulfide) groups is 1. The van der Waals surface area contributed by atoms with Crippen LogP contribution in [0.15, 0.2) is 35.2 Å². The zero-order chi connectivity index (χ0) is 20.5. The van der Waals surface area contributed by atoms with Gasteiger partial charge < -0.3 is 14.4 Å². The summed E-state index contributed by atoms with van der Waals surface area (Å²) in [6.45, 7) is 2.03. The van der Waals surface area contributed by atoms with Crippen LogP contribution in [0, 0.1) is 0 Å². The summed E-state index contributed by atoms with van der Waals surface area (Å²) in [6, 6.07) is 6.42. The molecule has 0 aliphatic carbocycles. The van der Waals surface area contributed by atoms with E-state index in [-0.39, 0.29) is 29.2 Å². The first-order chi connectivity index (χ1) is 13.1. The highest BCUT2D eigenvalue weighted by atomic mass is 32.2. The number of benzene rings is 1. The molecule has 0 spiro atoms. The molecule has 0 saturated carbocycles. The van der Waals surface area contributed by atoms with Gasteiger partial charge in [-0.25, -0.2) is 8.98 Å². The lowest BCUT2D eigenvalue weighted by molar-refractivity contribution is -0.167. The van der Waals surface area contributed by atoms with E-state index in [2.05, 4.69) is 0 Å². The normalized spacial score (nSPS) is 26.4. The monoisotopic (exact) mass is 429 g/mol. The molecule has 3 rings (SSSR count). The molecule has 3 atom stereocenters. The second-order valence-electron chi connectivity index (χ2n) is 6.54. The van der Waals surface area contributed by atoms with Gasteiger partial charge in [0.2, 0.25) is 12.7 Å². The Labute approximate surface area is 166 Å². The number of esters is 2. The fourth-order valence-electron chi connectivity index (χ4n) is 3.08. The Kier molecular flexibility index (Phi) is 5.69. The molecule has 0 N–H and O–H groups in total.